The van der Waals surface area contributed by atoms with Crippen LogP contribution in [0.1, 0.15) is 41.6 Å². The summed E-state index contributed by atoms with van der Waals surface area (Å²) in [4.78, 5) is 25.5. The molecular formula is C37H48ClN5O5. The highest BCUT2D eigenvalue weighted by Gasteiger charge is 2.25. The van der Waals surface area contributed by atoms with Crippen molar-refractivity contribution in [2.24, 2.45) is 0 Å². The summed E-state index contributed by atoms with van der Waals surface area (Å²) in [5.74, 6) is 2.32. The third-order valence-electron chi connectivity index (χ3n) is 9.04. The van der Waals surface area contributed by atoms with Crippen LogP contribution in [0, 0.1) is 0 Å². The largest absolute Gasteiger partial charge is 0.493 e. The average molecular weight is 678 g/mol. The Labute approximate surface area is 289 Å². The number of hydrogen-bond donors (Lipinski definition) is 0. The zero-order chi connectivity index (χ0) is 34.0. The Morgan fingerprint density at radius 3 is 2.42 bits per heavy atom. The number of halogens is 1. The lowest BCUT2D eigenvalue weighted by Crippen LogP contribution is -2.35. The van der Waals surface area contributed by atoms with Crippen LogP contribution < -0.4 is 19.1 Å². The van der Waals surface area contributed by atoms with Crippen molar-refractivity contribution < 1.29 is 23.7 Å². The number of imidazole rings is 1. The Balaban J connectivity index is 1.28. The third kappa shape index (κ3) is 8.35. The molecule has 1 aliphatic heterocycles. The number of ether oxygens (including phenoxy) is 4. The molecule has 0 N–H and O–H groups in total. The molecule has 4 aromatic rings. The molecule has 1 aromatic heterocycles. The molecule has 0 saturated carbocycles. The fourth-order valence-electron chi connectivity index (χ4n) is 6.52. The maximum absolute atomic E-state index is 13.7. The Morgan fingerprint density at radius 1 is 0.938 bits per heavy atom. The molecule has 1 amide bonds. The van der Waals surface area contributed by atoms with Gasteiger partial charge in [0.05, 0.1) is 39.0 Å². The van der Waals surface area contributed by atoms with E-state index in [1.807, 2.05) is 38.2 Å². The molecule has 0 aliphatic carbocycles. The quantitative estimate of drug-likeness (QED) is 0.138. The van der Waals surface area contributed by atoms with Crippen molar-refractivity contribution >= 4 is 34.5 Å². The number of methoxy groups -OCH3 is 3. The van der Waals surface area contributed by atoms with Crippen molar-refractivity contribution in [2.75, 3.05) is 85.8 Å². The lowest BCUT2D eigenvalue weighted by Gasteiger charge is -2.28. The van der Waals surface area contributed by atoms with Crippen LogP contribution in [0.3, 0.4) is 0 Å². The van der Waals surface area contributed by atoms with Gasteiger partial charge in [0, 0.05) is 62.9 Å². The normalized spacial score (nSPS) is 14.5. The first-order valence-corrected chi connectivity index (χ1v) is 17.1. The van der Waals surface area contributed by atoms with Crippen molar-refractivity contribution in [1.82, 2.24) is 19.4 Å². The van der Waals surface area contributed by atoms with Crippen LogP contribution in [0.15, 0.2) is 60.7 Å². The summed E-state index contributed by atoms with van der Waals surface area (Å²) >= 11 is 6.45. The molecule has 0 spiro atoms. The molecule has 1 saturated heterocycles. The fourth-order valence-corrected chi connectivity index (χ4v) is 6.72. The Morgan fingerprint density at radius 2 is 1.71 bits per heavy atom. The summed E-state index contributed by atoms with van der Waals surface area (Å²) in [5.41, 5.74) is 3.74. The molecule has 5 rings (SSSR count). The number of aromatic nitrogens is 2. The number of fused-ring (bicyclic) bond motifs is 1. The Bertz CT molecular complexity index is 1640. The number of carbonyl (C=O) groups is 1. The van der Waals surface area contributed by atoms with E-state index < -0.39 is 0 Å². The van der Waals surface area contributed by atoms with Crippen LogP contribution in [0.25, 0.3) is 11.0 Å². The molecule has 11 heteroatoms. The van der Waals surface area contributed by atoms with Gasteiger partial charge >= 0.3 is 0 Å². The molecule has 258 valence electrons. The fraction of sp³-hybridized carbons (Fsp3) is 0.459. The maximum Gasteiger partial charge on any atom is 0.253 e. The zero-order valence-electron chi connectivity index (χ0n) is 28.8. The van der Waals surface area contributed by atoms with E-state index in [4.69, 9.17) is 35.5 Å². The summed E-state index contributed by atoms with van der Waals surface area (Å²) in [7, 11) is 6.48. The minimum absolute atomic E-state index is 0.0850. The monoisotopic (exact) mass is 677 g/mol. The standard InChI is InChI=1S/C37H48ClN5O5/c1-6-48-22-21-43-32-14-8-7-13-31(32)39-37(43)42-17-10-16-41(19-20-42)18-15-28(27-11-9-12-30(38)23-27)26-40(2)36(44)29-24-33(45-3)35(47-5)34(25-29)46-4/h7-9,11-14,23-25,28H,6,10,15-22,26H2,1-5H3. The SMILES string of the molecule is CCOCCn1c(N2CCCN(CCC(CN(C)C(=O)c3cc(OC)c(OC)c(OC)c3)c3cccc(Cl)c3)CC2)nc2ccccc21. The van der Waals surface area contributed by atoms with E-state index in [-0.39, 0.29) is 11.8 Å². The van der Waals surface area contributed by atoms with Gasteiger partial charge in [-0.05, 0) is 74.8 Å². The summed E-state index contributed by atoms with van der Waals surface area (Å²) in [5, 5.41) is 0.689. The number of benzene rings is 3. The highest BCUT2D eigenvalue weighted by atomic mass is 35.5. The number of likely N-dealkylation sites (N-methyl/N-ethyl adjacent to an activating group) is 1. The lowest BCUT2D eigenvalue weighted by molar-refractivity contribution is 0.0782. The predicted molar refractivity (Wildman–Crippen MR) is 191 cm³/mol. The van der Waals surface area contributed by atoms with Gasteiger partial charge in [-0.1, -0.05) is 35.9 Å². The van der Waals surface area contributed by atoms with E-state index in [2.05, 4.69) is 38.6 Å². The van der Waals surface area contributed by atoms with Crippen LogP contribution in [0.5, 0.6) is 17.2 Å². The Kier molecular flexibility index (Phi) is 12.4. The molecule has 3 aromatic carbocycles. The number of rotatable bonds is 15. The van der Waals surface area contributed by atoms with Gasteiger partial charge in [-0.3, -0.25) is 4.79 Å². The number of hydrogen-bond acceptors (Lipinski definition) is 8. The van der Waals surface area contributed by atoms with E-state index in [9.17, 15) is 4.79 Å². The molecule has 1 unspecified atom stereocenters. The van der Waals surface area contributed by atoms with Crippen molar-refractivity contribution in [3.63, 3.8) is 0 Å². The third-order valence-corrected chi connectivity index (χ3v) is 9.27. The van der Waals surface area contributed by atoms with Gasteiger partial charge in [0.25, 0.3) is 5.91 Å². The van der Waals surface area contributed by atoms with Crippen molar-refractivity contribution in [3.05, 3.63) is 76.8 Å². The van der Waals surface area contributed by atoms with Crippen LogP contribution in [-0.2, 0) is 11.3 Å². The first-order valence-electron chi connectivity index (χ1n) is 16.7. The van der Waals surface area contributed by atoms with E-state index in [1.165, 1.54) is 0 Å². The summed E-state index contributed by atoms with van der Waals surface area (Å²) in [6, 6.07) is 19.7. The van der Waals surface area contributed by atoms with Crippen molar-refractivity contribution in [2.45, 2.75) is 32.2 Å². The average Bonchev–Trinajstić information content (AvgIpc) is 3.30. The number of anilines is 1. The zero-order valence-corrected chi connectivity index (χ0v) is 29.5. The van der Waals surface area contributed by atoms with Crippen LogP contribution in [0.2, 0.25) is 5.02 Å². The first kappa shape index (κ1) is 35.3. The number of amides is 1. The molecule has 0 bridgehead atoms. The molecule has 1 atom stereocenters. The van der Waals surface area contributed by atoms with Crippen LogP contribution in [0.4, 0.5) is 5.95 Å². The van der Waals surface area contributed by atoms with Crippen molar-refractivity contribution in [3.8, 4) is 17.2 Å². The lowest BCUT2D eigenvalue weighted by atomic mass is 9.94. The van der Waals surface area contributed by atoms with Crippen LogP contribution >= 0.6 is 11.6 Å². The summed E-state index contributed by atoms with van der Waals surface area (Å²) in [6.07, 6.45) is 1.91. The van der Waals surface area contributed by atoms with Gasteiger partial charge in [0.2, 0.25) is 11.7 Å². The highest BCUT2D eigenvalue weighted by molar-refractivity contribution is 6.30. The van der Waals surface area contributed by atoms with E-state index in [0.717, 1.165) is 74.7 Å². The van der Waals surface area contributed by atoms with E-state index in [1.54, 1.807) is 38.4 Å². The second kappa shape index (κ2) is 16.9. The molecule has 10 nitrogen and oxygen atoms in total. The number of para-hydroxylation sites is 2. The second-order valence-corrected chi connectivity index (χ2v) is 12.5. The molecule has 1 aliphatic rings. The molecule has 48 heavy (non-hydrogen) atoms. The van der Waals surface area contributed by atoms with Gasteiger partial charge in [-0.2, -0.15) is 0 Å². The minimum atomic E-state index is -0.126. The van der Waals surface area contributed by atoms with Gasteiger partial charge in [-0.15, -0.1) is 0 Å². The molecular weight excluding hydrogens is 630 g/mol. The summed E-state index contributed by atoms with van der Waals surface area (Å²) in [6.45, 7) is 9.34. The molecule has 2 heterocycles. The topological polar surface area (TPSA) is 81.5 Å². The van der Waals surface area contributed by atoms with Crippen LogP contribution in [-0.4, -0.2) is 106 Å². The smallest absolute Gasteiger partial charge is 0.253 e. The second-order valence-electron chi connectivity index (χ2n) is 12.1. The minimum Gasteiger partial charge on any atom is -0.493 e. The van der Waals surface area contributed by atoms with E-state index in [0.29, 0.717) is 47.6 Å². The van der Waals surface area contributed by atoms with Gasteiger partial charge < -0.3 is 38.2 Å². The van der Waals surface area contributed by atoms with Crippen molar-refractivity contribution in [1.29, 1.82) is 0 Å². The number of nitrogens with zero attached hydrogens (tertiary/aromatic N) is 5. The van der Waals surface area contributed by atoms with Gasteiger partial charge in [0.15, 0.2) is 11.5 Å². The molecule has 1 fully saturated rings. The predicted octanol–water partition coefficient (Wildman–Crippen LogP) is 6.21. The molecule has 0 radical (unpaired) electrons. The van der Waals surface area contributed by atoms with E-state index >= 15 is 0 Å². The van der Waals surface area contributed by atoms with Gasteiger partial charge in [-0.25, -0.2) is 4.98 Å². The first-order chi connectivity index (χ1) is 23.4. The number of carbonyl (C=O) groups excluding carboxylic acids is 1. The Hall–Kier alpha value is -3.99. The van der Waals surface area contributed by atoms with Gasteiger partial charge in [0.1, 0.15) is 0 Å². The summed E-state index contributed by atoms with van der Waals surface area (Å²) < 4.78 is 24.5. The maximum atomic E-state index is 13.7. The highest BCUT2D eigenvalue weighted by Crippen LogP contribution is 2.38.